The Morgan fingerprint density at radius 1 is 0.704 bits per heavy atom. The van der Waals surface area contributed by atoms with Crippen molar-refractivity contribution in [3.63, 3.8) is 0 Å². The Morgan fingerprint density at radius 3 is 1.81 bits per heavy atom. The van der Waals surface area contributed by atoms with Gasteiger partial charge in [0.15, 0.2) is 6.29 Å². The quantitative estimate of drug-likeness (QED) is 0.0212. The third-order valence-corrected chi connectivity index (χ3v) is 9.73. The maximum absolute atomic E-state index is 12.7. The van der Waals surface area contributed by atoms with Crippen LogP contribution < -0.4 is 0 Å². The Labute approximate surface area is 326 Å². The number of hydrogen-bond donors (Lipinski definition) is 4. The van der Waals surface area contributed by atoms with Gasteiger partial charge >= 0.3 is 16.4 Å². The molecule has 1 fully saturated rings. The smallest absolute Gasteiger partial charge is 0.397 e. The molecule has 1 heterocycles. The van der Waals surface area contributed by atoms with E-state index in [9.17, 15) is 28.5 Å². The molecule has 4 N–H and O–H groups in total. The molecule has 0 aromatic carbocycles. The van der Waals surface area contributed by atoms with Gasteiger partial charge < -0.3 is 34.3 Å². The summed E-state index contributed by atoms with van der Waals surface area (Å²) in [5.74, 6) is -0.411. The minimum Gasteiger partial charge on any atom is -0.457 e. The highest BCUT2D eigenvalue weighted by molar-refractivity contribution is 7.80. The monoisotopic (exact) mass is 790 g/mol. The molecule has 1 rings (SSSR count). The molecule has 1 aliphatic heterocycles. The van der Waals surface area contributed by atoms with Crippen LogP contribution in [0.4, 0.5) is 0 Å². The highest BCUT2D eigenvalue weighted by Gasteiger charge is 2.48. The lowest BCUT2D eigenvalue weighted by Crippen LogP contribution is -2.60. The summed E-state index contributed by atoms with van der Waals surface area (Å²) in [6.07, 6.45) is 27.8. The van der Waals surface area contributed by atoms with E-state index in [1.807, 2.05) is 0 Å². The summed E-state index contributed by atoms with van der Waals surface area (Å²) in [4.78, 5) is 12.7. The zero-order valence-electron chi connectivity index (χ0n) is 33.3. The van der Waals surface area contributed by atoms with Gasteiger partial charge in [-0.1, -0.05) is 134 Å². The number of hydrogen-bond acceptors (Lipinski definition) is 11. The molecule has 0 aromatic heterocycles. The largest absolute Gasteiger partial charge is 0.457 e. The molecule has 0 aliphatic carbocycles. The van der Waals surface area contributed by atoms with Gasteiger partial charge in [-0.3, -0.25) is 9.35 Å². The van der Waals surface area contributed by atoms with Crippen molar-refractivity contribution in [2.45, 2.75) is 192 Å². The van der Waals surface area contributed by atoms with Crippen molar-refractivity contribution in [3.8, 4) is 0 Å². The molecule has 0 bridgehead atoms. The maximum atomic E-state index is 12.7. The van der Waals surface area contributed by atoms with E-state index in [0.717, 1.165) is 57.8 Å². The zero-order chi connectivity index (χ0) is 39.7. The Hall–Kier alpha value is -1.68. The Kier molecular flexibility index (Phi) is 31.2. The van der Waals surface area contributed by atoms with Crippen LogP contribution in [0, 0.1) is 0 Å². The molecular formula is C41H74O12S. The Balaban J connectivity index is 2.38. The lowest BCUT2D eigenvalue weighted by Gasteiger charge is -2.41. The number of ether oxygens (including phenoxy) is 4. The molecule has 316 valence electrons. The van der Waals surface area contributed by atoms with E-state index in [1.165, 1.54) is 70.6 Å². The lowest BCUT2D eigenvalue weighted by molar-refractivity contribution is -0.301. The number of aliphatic hydroxyl groups is 3. The molecule has 13 heteroatoms. The zero-order valence-corrected chi connectivity index (χ0v) is 34.1. The number of carbonyl (C=O) groups is 1. The van der Waals surface area contributed by atoms with Crippen molar-refractivity contribution in [2.75, 3.05) is 26.4 Å². The summed E-state index contributed by atoms with van der Waals surface area (Å²) in [7, 11) is -5.06. The van der Waals surface area contributed by atoms with Crippen LogP contribution in [0.25, 0.3) is 0 Å². The topological polar surface area (TPSA) is 178 Å². The van der Waals surface area contributed by atoms with Crippen LogP contribution in [0.1, 0.15) is 155 Å². The first-order chi connectivity index (χ1) is 26.1. The number of esters is 1. The van der Waals surface area contributed by atoms with Crippen molar-refractivity contribution in [1.29, 1.82) is 0 Å². The van der Waals surface area contributed by atoms with Crippen molar-refractivity contribution in [2.24, 2.45) is 0 Å². The van der Waals surface area contributed by atoms with E-state index in [0.29, 0.717) is 13.0 Å². The number of rotatable bonds is 35. The summed E-state index contributed by atoms with van der Waals surface area (Å²) in [6.45, 7) is 3.87. The van der Waals surface area contributed by atoms with Crippen LogP contribution in [-0.2, 0) is 38.3 Å². The fourth-order valence-corrected chi connectivity index (χ4v) is 6.60. The SMILES string of the molecule is CCCCC/C=C\C/C=C\C/C=C\CCCCCCCCCOCC(COC1OC(CO)C(O)C(OS(=O)(=O)O)C1O)OC(=O)CCCCCCCCC. The van der Waals surface area contributed by atoms with E-state index in [4.69, 9.17) is 23.5 Å². The van der Waals surface area contributed by atoms with Gasteiger partial charge in [-0.25, -0.2) is 4.18 Å². The number of allylic oxidation sites excluding steroid dienone is 6. The molecule has 1 saturated heterocycles. The average Bonchev–Trinajstić information content (AvgIpc) is 3.14. The Bertz CT molecular complexity index is 1100. The minimum atomic E-state index is -5.06. The molecule has 0 aromatic rings. The minimum absolute atomic E-state index is 0.0298. The summed E-state index contributed by atoms with van der Waals surface area (Å²) in [5.41, 5.74) is 0. The van der Waals surface area contributed by atoms with Crippen molar-refractivity contribution in [3.05, 3.63) is 36.5 Å². The first-order valence-electron chi connectivity index (χ1n) is 20.7. The maximum Gasteiger partial charge on any atom is 0.397 e. The van der Waals surface area contributed by atoms with Gasteiger partial charge in [0.1, 0.15) is 30.5 Å². The fourth-order valence-electron chi connectivity index (χ4n) is 6.09. The van der Waals surface area contributed by atoms with Crippen molar-refractivity contribution in [1.82, 2.24) is 0 Å². The van der Waals surface area contributed by atoms with Crippen molar-refractivity contribution < 1.29 is 56.2 Å². The van der Waals surface area contributed by atoms with E-state index < -0.39 is 59.8 Å². The van der Waals surface area contributed by atoms with Crippen LogP contribution >= 0.6 is 0 Å². The summed E-state index contributed by atoms with van der Waals surface area (Å²) in [5, 5.41) is 30.5. The predicted octanol–water partition coefficient (Wildman–Crippen LogP) is 7.85. The van der Waals surface area contributed by atoms with Gasteiger partial charge in [0.25, 0.3) is 0 Å². The summed E-state index contributed by atoms with van der Waals surface area (Å²) in [6, 6.07) is 0. The highest BCUT2D eigenvalue weighted by atomic mass is 32.3. The van der Waals surface area contributed by atoms with Gasteiger partial charge in [0.05, 0.1) is 19.8 Å². The van der Waals surface area contributed by atoms with Crippen LogP contribution in [0.3, 0.4) is 0 Å². The predicted molar refractivity (Wildman–Crippen MR) is 211 cm³/mol. The second-order valence-electron chi connectivity index (χ2n) is 14.2. The number of aliphatic hydroxyl groups excluding tert-OH is 3. The molecule has 0 saturated carbocycles. The first kappa shape index (κ1) is 50.3. The second kappa shape index (κ2) is 33.5. The fraction of sp³-hybridized carbons (Fsp3) is 0.829. The van der Waals surface area contributed by atoms with Crippen molar-refractivity contribution >= 4 is 16.4 Å². The molecular weight excluding hydrogens is 717 g/mol. The van der Waals surface area contributed by atoms with E-state index >= 15 is 0 Å². The molecule has 1 aliphatic rings. The normalized spacial score (nSPS) is 21.5. The molecule has 0 spiro atoms. The van der Waals surface area contributed by atoms with Crippen LogP contribution in [0.2, 0.25) is 0 Å². The van der Waals surface area contributed by atoms with E-state index in [2.05, 4.69) is 54.5 Å². The second-order valence-corrected chi connectivity index (χ2v) is 15.3. The third-order valence-electron chi connectivity index (χ3n) is 9.27. The van der Waals surface area contributed by atoms with Crippen LogP contribution in [0.5, 0.6) is 0 Å². The van der Waals surface area contributed by atoms with E-state index in [1.54, 1.807) is 0 Å². The summed E-state index contributed by atoms with van der Waals surface area (Å²) >= 11 is 0. The standard InChI is InChI=1S/C41H74O12S/c1-3-5-7-9-11-12-13-14-15-16-17-18-19-20-21-22-23-25-27-29-31-49-33-35(51-37(43)30-28-26-24-10-8-6-4-2)34-50-41-39(45)40(53-54(46,47)48)38(44)36(32-42)52-41/h11-12,14-15,17-18,35-36,38-42,44-45H,3-10,13,16,19-34H2,1-2H3,(H,46,47,48)/b12-11-,15-14-,18-17-. The van der Waals surface area contributed by atoms with Gasteiger partial charge in [-0.15, -0.1) is 0 Å². The molecule has 6 unspecified atom stereocenters. The van der Waals surface area contributed by atoms with Crippen LogP contribution in [-0.4, -0.2) is 97.5 Å². The van der Waals surface area contributed by atoms with Gasteiger partial charge in [-0.05, 0) is 51.4 Å². The number of carbonyl (C=O) groups excluding carboxylic acids is 1. The first-order valence-corrected chi connectivity index (χ1v) is 22.1. The molecule has 12 nitrogen and oxygen atoms in total. The highest BCUT2D eigenvalue weighted by Crippen LogP contribution is 2.26. The van der Waals surface area contributed by atoms with Gasteiger partial charge in [0.2, 0.25) is 0 Å². The molecule has 54 heavy (non-hydrogen) atoms. The van der Waals surface area contributed by atoms with Crippen LogP contribution in [0.15, 0.2) is 36.5 Å². The lowest BCUT2D eigenvalue weighted by atomic mass is 9.99. The van der Waals surface area contributed by atoms with Gasteiger partial charge in [-0.2, -0.15) is 8.42 Å². The number of unbranched alkanes of at least 4 members (excludes halogenated alkanes) is 16. The molecule has 6 atom stereocenters. The Morgan fingerprint density at radius 2 is 1.22 bits per heavy atom. The van der Waals surface area contributed by atoms with E-state index in [-0.39, 0.29) is 19.6 Å². The third kappa shape index (κ3) is 27.0. The van der Waals surface area contributed by atoms with Gasteiger partial charge in [0, 0.05) is 13.0 Å². The molecule has 0 radical (unpaired) electrons. The average molecular weight is 791 g/mol. The summed E-state index contributed by atoms with van der Waals surface area (Å²) < 4.78 is 58.7. The molecule has 0 amide bonds.